The van der Waals surface area contributed by atoms with Gasteiger partial charge in [-0.3, -0.25) is 14.2 Å². The van der Waals surface area contributed by atoms with Crippen molar-refractivity contribution < 1.29 is 4.79 Å². The van der Waals surface area contributed by atoms with Crippen LogP contribution in [0.3, 0.4) is 0 Å². The third-order valence-electron chi connectivity index (χ3n) is 5.86. The average molecular weight is 422 g/mol. The number of thioether (sulfide) groups is 1. The number of hydrogen-bond acceptors (Lipinski definition) is 4. The lowest BCUT2D eigenvalue weighted by Gasteiger charge is -2.29. The lowest BCUT2D eigenvalue weighted by Crippen LogP contribution is -2.40. The van der Waals surface area contributed by atoms with E-state index >= 15 is 0 Å². The first-order valence-corrected chi connectivity index (χ1v) is 11.4. The number of para-hydroxylation sites is 1. The van der Waals surface area contributed by atoms with E-state index in [1.54, 1.807) is 4.57 Å². The van der Waals surface area contributed by atoms with Crippen LogP contribution in [-0.4, -0.2) is 38.7 Å². The maximum atomic E-state index is 13.5. The Morgan fingerprint density at radius 2 is 1.77 bits per heavy atom. The molecule has 30 heavy (non-hydrogen) atoms. The molecule has 0 saturated carbocycles. The molecule has 0 N–H and O–H groups in total. The molecule has 1 aliphatic heterocycles. The number of carbonyl (C=O) groups is 1. The largest absolute Gasteiger partial charge is 0.342 e. The summed E-state index contributed by atoms with van der Waals surface area (Å²) in [6, 6.07) is 13.3. The quantitative estimate of drug-likeness (QED) is 0.460. The molecular formula is C24H27N3O2S. The zero-order valence-corrected chi connectivity index (χ0v) is 18.5. The zero-order valence-electron chi connectivity index (χ0n) is 17.7. The fourth-order valence-electron chi connectivity index (χ4n) is 3.96. The Kier molecular flexibility index (Phi) is 5.95. The number of aromatic nitrogens is 2. The highest BCUT2D eigenvalue weighted by Gasteiger charge is 2.25. The molecule has 1 saturated heterocycles. The van der Waals surface area contributed by atoms with E-state index in [0.29, 0.717) is 16.1 Å². The Labute approximate surface area is 181 Å². The van der Waals surface area contributed by atoms with Gasteiger partial charge in [0.2, 0.25) is 5.91 Å². The number of fused-ring (bicyclic) bond motifs is 1. The van der Waals surface area contributed by atoms with Crippen molar-refractivity contribution in [2.75, 3.05) is 13.1 Å². The highest BCUT2D eigenvalue weighted by molar-refractivity contribution is 8.00. The minimum Gasteiger partial charge on any atom is -0.342 e. The molecule has 0 unspecified atom stereocenters. The van der Waals surface area contributed by atoms with Gasteiger partial charge in [-0.05, 0) is 69.4 Å². The minimum absolute atomic E-state index is 0.102. The molecule has 1 atom stereocenters. The summed E-state index contributed by atoms with van der Waals surface area (Å²) in [4.78, 5) is 33.2. The van der Waals surface area contributed by atoms with Crippen LogP contribution >= 0.6 is 11.8 Å². The summed E-state index contributed by atoms with van der Waals surface area (Å²) in [7, 11) is 0. The Bertz CT molecular complexity index is 1150. The third kappa shape index (κ3) is 3.88. The highest BCUT2D eigenvalue weighted by atomic mass is 32.2. The van der Waals surface area contributed by atoms with Crippen molar-refractivity contribution in [2.24, 2.45) is 0 Å². The molecule has 0 aliphatic carbocycles. The van der Waals surface area contributed by atoms with Crippen LogP contribution in [0.1, 0.15) is 37.3 Å². The molecule has 5 nitrogen and oxygen atoms in total. The Hall–Kier alpha value is -2.60. The SMILES string of the molecule is Cc1cccc(-n2c(S[C@H](C)C(=O)N3CCCCC3)nc3ccccc3c2=O)c1C. The lowest BCUT2D eigenvalue weighted by molar-refractivity contribution is -0.131. The summed E-state index contributed by atoms with van der Waals surface area (Å²) >= 11 is 1.37. The molecule has 1 fully saturated rings. The van der Waals surface area contributed by atoms with Crippen molar-refractivity contribution in [3.8, 4) is 5.69 Å². The molecule has 6 heteroatoms. The summed E-state index contributed by atoms with van der Waals surface area (Å²) in [5.41, 5.74) is 3.52. The van der Waals surface area contributed by atoms with Gasteiger partial charge in [0.25, 0.3) is 5.56 Å². The molecule has 1 aromatic heterocycles. The van der Waals surface area contributed by atoms with Gasteiger partial charge in [0.1, 0.15) is 0 Å². The smallest absolute Gasteiger partial charge is 0.266 e. The van der Waals surface area contributed by atoms with Gasteiger partial charge in [-0.1, -0.05) is 36.0 Å². The predicted molar refractivity (Wildman–Crippen MR) is 123 cm³/mol. The van der Waals surface area contributed by atoms with Crippen LogP contribution in [0.4, 0.5) is 0 Å². The van der Waals surface area contributed by atoms with Crippen LogP contribution in [0.5, 0.6) is 0 Å². The molecule has 2 heterocycles. The van der Waals surface area contributed by atoms with Crippen molar-refractivity contribution in [3.63, 3.8) is 0 Å². The van der Waals surface area contributed by atoms with E-state index in [4.69, 9.17) is 4.98 Å². The highest BCUT2D eigenvalue weighted by Crippen LogP contribution is 2.28. The molecule has 0 spiro atoms. The Morgan fingerprint density at radius 3 is 2.53 bits per heavy atom. The summed E-state index contributed by atoms with van der Waals surface area (Å²) < 4.78 is 1.68. The number of likely N-dealkylation sites (tertiary alicyclic amines) is 1. The van der Waals surface area contributed by atoms with Crippen molar-refractivity contribution in [1.29, 1.82) is 0 Å². The maximum absolute atomic E-state index is 13.5. The number of carbonyl (C=O) groups excluding carboxylic acids is 1. The molecule has 4 rings (SSSR count). The molecule has 3 aromatic rings. The second-order valence-corrected chi connectivity index (χ2v) is 9.23. The van der Waals surface area contributed by atoms with Gasteiger partial charge in [-0.15, -0.1) is 0 Å². The molecular weight excluding hydrogens is 394 g/mol. The van der Waals surface area contributed by atoms with Crippen LogP contribution in [0, 0.1) is 13.8 Å². The Balaban J connectivity index is 1.81. The van der Waals surface area contributed by atoms with Crippen LogP contribution in [-0.2, 0) is 4.79 Å². The zero-order chi connectivity index (χ0) is 21.3. The molecule has 156 valence electrons. The Morgan fingerprint density at radius 1 is 1.03 bits per heavy atom. The standard InChI is InChI=1S/C24H27N3O2S/c1-16-10-9-13-21(17(16)2)27-23(29)19-11-5-6-12-20(19)25-24(27)30-18(3)22(28)26-14-7-4-8-15-26/h5-6,9-13,18H,4,7-8,14-15H2,1-3H3/t18-/m1/s1. The van der Waals surface area contributed by atoms with Crippen molar-refractivity contribution in [3.05, 3.63) is 63.9 Å². The van der Waals surface area contributed by atoms with Crippen LogP contribution in [0.15, 0.2) is 52.4 Å². The first kappa shape index (κ1) is 20.7. The van der Waals surface area contributed by atoms with Crippen LogP contribution in [0.25, 0.3) is 16.6 Å². The molecule has 2 aromatic carbocycles. The van der Waals surface area contributed by atoms with E-state index in [1.165, 1.54) is 18.2 Å². The second-order valence-electron chi connectivity index (χ2n) is 7.92. The fourth-order valence-corrected chi connectivity index (χ4v) is 4.97. The lowest BCUT2D eigenvalue weighted by atomic mass is 10.1. The number of nitrogens with zero attached hydrogens (tertiary/aromatic N) is 3. The number of hydrogen-bond donors (Lipinski definition) is 0. The van der Waals surface area contributed by atoms with Crippen molar-refractivity contribution >= 4 is 28.6 Å². The molecule has 1 aliphatic rings. The molecule has 0 bridgehead atoms. The predicted octanol–water partition coefficient (Wildman–Crippen LogP) is 4.50. The first-order valence-electron chi connectivity index (χ1n) is 10.5. The number of rotatable bonds is 4. The summed E-state index contributed by atoms with van der Waals surface area (Å²) in [6.45, 7) is 7.60. The third-order valence-corrected chi connectivity index (χ3v) is 6.90. The van der Waals surface area contributed by atoms with Crippen molar-refractivity contribution in [1.82, 2.24) is 14.5 Å². The van der Waals surface area contributed by atoms with E-state index in [2.05, 4.69) is 0 Å². The first-order chi connectivity index (χ1) is 14.5. The molecule has 1 amide bonds. The minimum atomic E-state index is -0.312. The molecule has 0 radical (unpaired) electrons. The van der Waals surface area contributed by atoms with Crippen LogP contribution < -0.4 is 5.56 Å². The summed E-state index contributed by atoms with van der Waals surface area (Å²) in [5, 5.41) is 0.829. The topological polar surface area (TPSA) is 55.2 Å². The van der Waals surface area contributed by atoms with E-state index in [9.17, 15) is 9.59 Å². The van der Waals surface area contributed by atoms with E-state index < -0.39 is 0 Å². The summed E-state index contributed by atoms with van der Waals surface area (Å²) in [5.74, 6) is 0.120. The van der Waals surface area contributed by atoms with Crippen molar-refractivity contribution in [2.45, 2.75) is 50.4 Å². The second kappa shape index (κ2) is 8.64. The maximum Gasteiger partial charge on any atom is 0.266 e. The average Bonchev–Trinajstić information content (AvgIpc) is 2.76. The van der Waals surface area contributed by atoms with E-state index in [-0.39, 0.29) is 16.7 Å². The van der Waals surface area contributed by atoms with Gasteiger partial charge in [0.15, 0.2) is 5.16 Å². The van der Waals surface area contributed by atoms with Gasteiger partial charge < -0.3 is 4.90 Å². The fraction of sp³-hybridized carbons (Fsp3) is 0.375. The van der Waals surface area contributed by atoms with Crippen LogP contribution in [0.2, 0.25) is 0 Å². The van der Waals surface area contributed by atoms with E-state index in [1.807, 2.05) is 68.1 Å². The number of aryl methyl sites for hydroxylation is 1. The van der Waals surface area contributed by atoms with Gasteiger partial charge in [-0.25, -0.2) is 4.98 Å². The van der Waals surface area contributed by atoms with Gasteiger partial charge in [0, 0.05) is 13.1 Å². The van der Waals surface area contributed by atoms with E-state index in [0.717, 1.165) is 42.7 Å². The van der Waals surface area contributed by atoms with Gasteiger partial charge >= 0.3 is 0 Å². The number of amides is 1. The number of piperidine rings is 1. The monoisotopic (exact) mass is 421 g/mol. The number of benzene rings is 2. The van der Waals surface area contributed by atoms with Gasteiger partial charge in [-0.2, -0.15) is 0 Å². The normalized spacial score (nSPS) is 15.4. The van der Waals surface area contributed by atoms with Gasteiger partial charge in [0.05, 0.1) is 21.8 Å². The summed E-state index contributed by atoms with van der Waals surface area (Å²) in [6.07, 6.45) is 3.30.